The molecule has 1 aromatic rings. The van der Waals surface area contributed by atoms with Gasteiger partial charge in [0.1, 0.15) is 11.6 Å². The van der Waals surface area contributed by atoms with Crippen molar-refractivity contribution >= 4 is 16.0 Å². The van der Waals surface area contributed by atoms with Crippen LogP contribution in [0.2, 0.25) is 0 Å². The summed E-state index contributed by atoms with van der Waals surface area (Å²) in [4.78, 5) is 10.6. The Balaban J connectivity index is 3.02. The van der Waals surface area contributed by atoms with Gasteiger partial charge in [-0.25, -0.2) is 17.2 Å². The van der Waals surface area contributed by atoms with Gasteiger partial charge in [0, 0.05) is 19.2 Å². The Morgan fingerprint density at radius 2 is 1.80 bits per heavy atom. The monoisotopic (exact) mass is 307 g/mol. The lowest BCUT2D eigenvalue weighted by Crippen LogP contribution is -2.33. The van der Waals surface area contributed by atoms with Gasteiger partial charge in [-0.3, -0.25) is 4.79 Å². The van der Waals surface area contributed by atoms with Crippen LogP contribution in [0.15, 0.2) is 23.1 Å². The van der Waals surface area contributed by atoms with Crippen LogP contribution in [0.5, 0.6) is 0 Å². The van der Waals surface area contributed by atoms with Gasteiger partial charge in [0.15, 0.2) is 0 Å². The van der Waals surface area contributed by atoms with Gasteiger partial charge in [-0.2, -0.15) is 4.31 Å². The highest BCUT2D eigenvalue weighted by Gasteiger charge is 2.25. The van der Waals surface area contributed by atoms with Crippen molar-refractivity contribution in [3.63, 3.8) is 0 Å². The van der Waals surface area contributed by atoms with E-state index in [4.69, 9.17) is 0 Å². The maximum atomic E-state index is 13.1. The molecule has 0 spiro atoms. The van der Waals surface area contributed by atoms with Crippen LogP contribution < -0.4 is 0 Å². The largest absolute Gasteiger partial charge is 0.469 e. The van der Waals surface area contributed by atoms with Gasteiger partial charge in [0.25, 0.3) is 0 Å². The number of rotatable bonds is 6. The molecule has 0 radical (unpaired) electrons. The molecule has 0 aliphatic heterocycles. The van der Waals surface area contributed by atoms with Crippen molar-refractivity contribution in [2.45, 2.75) is 18.2 Å². The fraction of sp³-hybridized carbons (Fsp3) is 0.417. The van der Waals surface area contributed by atoms with Crippen LogP contribution in [0.4, 0.5) is 8.78 Å². The minimum atomic E-state index is -4.05. The smallest absolute Gasteiger partial charge is 0.306 e. The SMILES string of the molecule is CCN(CCC(=O)OC)S(=O)(=O)c1cc(F)cc(F)c1. The first-order valence-electron chi connectivity index (χ1n) is 5.84. The third-order valence-electron chi connectivity index (χ3n) is 2.62. The summed E-state index contributed by atoms with van der Waals surface area (Å²) in [6.45, 7) is 1.51. The zero-order valence-corrected chi connectivity index (χ0v) is 11.9. The quantitative estimate of drug-likeness (QED) is 0.748. The molecule has 0 N–H and O–H groups in total. The Morgan fingerprint density at radius 1 is 1.25 bits per heavy atom. The summed E-state index contributed by atoms with van der Waals surface area (Å²) in [6.07, 6.45) is -0.138. The maximum Gasteiger partial charge on any atom is 0.306 e. The molecule has 5 nitrogen and oxygen atoms in total. The summed E-state index contributed by atoms with van der Waals surface area (Å²) in [5.41, 5.74) is 0. The van der Waals surface area contributed by atoms with Crippen LogP contribution in [0.3, 0.4) is 0 Å². The second kappa shape index (κ2) is 6.76. The van der Waals surface area contributed by atoms with E-state index in [1.54, 1.807) is 6.92 Å². The fourth-order valence-corrected chi connectivity index (χ4v) is 3.09. The molecule has 0 amide bonds. The van der Waals surface area contributed by atoms with E-state index < -0.39 is 32.5 Å². The zero-order valence-electron chi connectivity index (χ0n) is 11.1. The fourth-order valence-electron chi connectivity index (χ4n) is 1.59. The standard InChI is InChI=1S/C12H15F2NO4S/c1-3-15(5-4-12(16)19-2)20(17,18)11-7-9(13)6-10(14)8-11/h6-8H,3-5H2,1-2H3. The lowest BCUT2D eigenvalue weighted by Gasteiger charge is -2.20. The molecule has 0 saturated carbocycles. The molecule has 20 heavy (non-hydrogen) atoms. The van der Waals surface area contributed by atoms with E-state index in [0.29, 0.717) is 6.07 Å². The summed E-state index contributed by atoms with van der Waals surface area (Å²) in [5, 5.41) is 0. The van der Waals surface area contributed by atoms with Gasteiger partial charge in [0.05, 0.1) is 18.4 Å². The number of methoxy groups -OCH3 is 1. The Kier molecular flexibility index (Phi) is 5.58. The summed E-state index contributed by atoms with van der Waals surface area (Å²) < 4.78 is 56.0. The van der Waals surface area contributed by atoms with Crippen molar-refractivity contribution in [3.8, 4) is 0 Å². The van der Waals surface area contributed by atoms with Crippen LogP contribution in [0.1, 0.15) is 13.3 Å². The molecule has 112 valence electrons. The van der Waals surface area contributed by atoms with Crippen molar-refractivity contribution < 1.29 is 26.7 Å². The van der Waals surface area contributed by atoms with E-state index in [1.165, 1.54) is 7.11 Å². The molecule has 0 unspecified atom stereocenters. The molecule has 0 atom stereocenters. The van der Waals surface area contributed by atoms with Crippen LogP contribution in [0.25, 0.3) is 0 Å². The minimum Gasteiger partial charge on any atom is -0.469 e. The number of hydrogen-bond donors (Lipinski definition) is 0. The molecule has 0 aliphatic rings. The second-order valence-electron chi connectivity index (χ2n) is 3.93. The van der Waals surface area contributed by atoms with E-state index >= 15 is 0 Å². The van der Waals surface area contributed by atoms with E-state index in [2.05, 4.69) is 4.74 Å². The molecular weight excluding hydrogens is 292 g/mol. The topological polar surface area (TPSA) is 63.7 Å². The van der Waals surface area contributed by atoms with E-state index in [9.17, 15) is 22.0 Å². The first-order valence-corrected chi connectivity index (χ1v) is 7.28. The van der Waals surface area contributed by atoms with Crippen molar-refractivity contribution in [1.82, 2.24) is 4.31 Å². The van der Waals surface area contributed by atoms with Gasteiger partial charge in [-0.1, -0.05) is 6.92 Å². The Labute approximate surface area is 116 Å². The van der Waals surface area contributed by atoms with Crippen LogP contribution in [-0.2, 0) is 19.6 Å². The molecule has 0 aromatic heterocycles. The van der Waals surface area contributed by atoms with E-state index in [0.717, 1.165) is 16.4 Å². The molecule has 0 aliphatic carbocycles. The van der Waals surface area contributed by atoms with Crippen LogP contribution in [-0.4, -0.2) is 38.9 Å². The average Bonchev–Trinajstić information content (AvgIpc) is 2.37. The molecule has 1 aromatic carbocycles. The predicted molar refractivity (Wildman–Crippen MR) is 67.4 cm³/mol. The number of nitrogens with zero attached hydrogens (tertiary/aromatic N) is 1. The number of ether oxygens (including phenoxy) is 1. The first-order chi connectivity index (χ1) is 9.31. The summed E-state index contributed by atoms with van der Waals surface area (Å²) in [7, 11) is -2.86. The average molecular weight is 307 g/mol. The van der Waals surface area contributed by atoms with Gasteiger partial charge < -0.3 is 4.74 Å². The third-order valence-corrected chi connectivity index (χ3v) is 4.57. The van der Waals surface area contributed by atoms with Crippen LogP contribution >= 0.6 is 0 Å². The lowest BCUT2D eigenvalue weighted by atomic mass is 10.3. The first kappa shape index (κ1) is 16.5. The molecule has 0 fully saturated rings. The van der Waals surface area contributed by atoms with Crippen LogP contribution in [0, 0.1) is 11.6 Å². The molecule has 8 heteroatoms. The number of esters is 1. The molecule has 0 bridgehead atoms. The maximum absolute atomic E-state index is 13.1. The Bertz CT molecular complexity index is 569. The number of sulfonamides is 1. The van der Waals surface area contributed by atoms with Gasteiger partial charge in [-0.15, -0.1) is 0 Å². The number of hydrogen-bond acceptors (Lipinski definition) is 4. The molecule has 0 heterocycles. The molecule has 0 saturated heterocycles. The second-order valence-corrected chi connectivity index (χ2v) is 5.87. The third kappa shape index (κ3) is 3.97. The van der Waals surface area contributed by atoms with Crippen molar-refractivity contribution in [2.75, 3.05) is 20.2 Å². The highest BCUT2D eigenvalue weighted by Crippen LogP contribution is 2.18. The zero-order chi connectivity index (χ0) is 15.3. The highest BCUT2D eigenvalue weighted by atomic mass is 32.2. The van der Waals surface area contributed by atoms with E-state index in [-0.39, 0.29) is 19.5 Å². The number of carbonyl (C=O) groups is 1. The minimum absolute atomic E-state index is 0.0669. The lowest BCUT2D eigenvalue weighted by molar-refractivity contribution is -0.140. The van der Waals surface area contributed by atoms with Crippen molar-refractivity contribution in [2.24, 2.45) is 0 Å². The number of carbonyl (C=O) groups excluding carboxylic acids is 1. The van der Waals surface area contributed by atoms with Crippen molar-refractivity contribution in [3.05, 3.63) is 29.8 Å². The number of halogens is 2. The molecular formula is C12H15F2NO4S. The number of benzene rings is 1. The summed E-state index contributed by atoms with van der Waals surface area (Å²) >= 11 is 0. The van der Waals surface area contributed by atoms with Gasteiger partial charge >= 0.3 is 5.97 Å². The van der Waals surface area contributed by atoms with Crippen molar-refractivity contribution in [1.29, 1.82) is 0 Å². The van der Waals surface area contributed by atoms with Gasteiger partial charge in [0.2, 0.25) is 10.0 Å². The summed E-state index contributed by atoms with van der Waals surface area (Å²) in [6, 6.07) is 2.06. The predicted octanol–water partition coefficient (Wildman–Crippen LogP) is 1.54. The highest BCUT2D eigenvalue weighted by molar-refractivity contribution is 7.89. The molecule has 1 rings (SSSR count). The summed E-state index contributed by atoms with van der Waals surface area (Å²) in [5.74, 6) is -2.52. The normalized spacial score (nSPS) is 11.7. The Morgan fingerprint density at radius 3 is 2.25 bits per heavy atom. The van der Waals surface area contributed by atoms with E-state index in [1.807, 2.05) is 0 Å². The Hall–Kier alpha value is -1.54. The van der Waals surface area contributed by atoms with Gasteiger partial charge in [-0.05, 0) is 12.1 Å².